The Hall–Kier alpha value is -4.14. The summed E-state index contributed by atoms with van der Waals surface area (Å²) in [6.07, 6.45) is 9.43. The van der Waals surface area contributed by atoms with Gasteiger partial charge in [0.25, 0.3) is 5.91 Å². The lowest BCUT2D eigenvalue weighted by molar-refractivity contribution is -0.0412. The first-order valence-electron chi connectivity index (χ1n) is 13.7. The highest BCUT2D eigenvalue weighted by Gasteiger charge is 2.48. The minimum absolute atomic E-state index is 0.00918. The third kappa shape index (κ3) is 4.85. The molecule has 6 rings (SSSR count). The summed E-state index contributed by atoms with van der Waals surface area (Å²) in [7, 11) is 4.04. The van der Waals surface area contributed by atoms with Crippen molar-refractivity contribution in [3.8, 4) is 17.3 Å². The number of nitriles is 1. The van der Waals surface area contributed by atoms with Crippen LogP contribution in [0.1, 0.15) is 41.0 Å². The normalized spacial score (nSPS) is 17.7. The molecular formula is C29H34N10O. The van der Waals surface area contributed by atoms with Gasteiger partial charge in [0.15, 0.2) is 0 Å². The van der Waals surface area contributed by atoms with E-state index in [1.54, 1.807) is 6.33 Å². The van der Waals surface area contributed by atoms with Gasteiger partial charge in [-0.2, -0.15) is 10.4 Å². The van der Waals surface area contributed by atoms with Crippen LogP contribution in [0.15, 0.2) is 43.1 Å². The number of H-pyrrole nitrogens is 1. The summed E-state index contributed by atoms with van der Waals surface area (Å²) in [5, 5.41) is 15.3. The number of nitrogens with one attached hydrogen (secondary N) is 1. The van der Waals surface area contributed by atoms with Crippen molar-refractivity contribution in [1.82, 2.24) is 44.4 Å². The molecule has 0 spiro atoms. The van der Waals surface area contributed by atoms with Gasteiger partial charge in [-0.1, -0.05) is 0 Å². The van der Waals surface area contributed by atoms with E-state index in [0.717, 1.165) is 66.0 Å². The average Bonchev–Trinajstić information content (AvgIpc) is 3.60. The van der Waals surface area contributed by atoms with Crippen molar-refractivity contribution in [2.75, 3.05) is 40.3 Å². The highest BCUT2D eigenvalue weighted by Crippen LogP contribution is 2.37. The number of piperidine rings is 1. The van der Waals surface area contributed by atoms with Crippen molar-refractivity contribution in [2.24, 2.45) is 0 Å². The van der Waals surface area contributed by atoms with Crippen molar-refractivity contribution >= 4 is 16.9 Å². The van der Waals surface area contributed by atoms with Gasteiger partial charge in [0, 0.05) is 67.8 Å². The van der Waals surface area contributed by atoms with Crippen LogP contribution in [0.2, 0.25) is 0 Å². The van der Waals surface area contributed by atoms with Crippen LogP contribution in [0.4, 0.5) is 0 Å². The first-order chi connectivity index (χ1) is 19.3. The third-order valence-corrected chi connectivity index (χ3v) is 8.10. The van der Waals surface area contributed by atoms with Gasteiger partial charge >= 0.3 is 0 Å². The van der Waals surface area contributed by atoms with Gasteiger partial charge in [-0.3, -0.25) is 14.4 Å². The molecule has 0 unspecified atom stereocenters. The van der Waals surface area contributed by atoms with Crippen LogP contribution in [0.25, 0.3) is 22.3 Å². The summed E-state index contributed by atoms with van der Waals surface area (Å²) in [5.41, 5.74) is 4.66. The lowest BCUT2D eigenvalue weighted by atomic mass is 9.83. The molecule has 6 heterocycles. The van der Waals surface area contributed by atoms with Gasteiger partial charge in [-0.05, 0) is 57.6 Å². The van der Waals surface area contributed by atoms with Gasteiger partial charge in [0.1, 0.15) is 23.2 Å². The molecule has 206 valence electrons. The predicted molar refractivity (Wildman–Crippen MR) is 150 cm³/mol. The fourth-order valence-corrected chi connectivity index (χ4v) is 6.16. The van der Waals surface area contributed by atoms with Crippen LogP contribution >= 0.6 is 0 Å². The topological polar surface area (TPSA) is 123 Å². The fraction of sp³-hybridized carbons (Fsp3) is 0.448. The lowest BCUT2D eigenvalue weighted by Crippen LogP contribution is -2.66. The van der Waals surface area contributed by atoms with Crippen molar-refractivity contribution in [3.05, 3.63) is 60.1 Å². The number of carbonyl (C=O) groups excluding carboxylic acids is 1. The number of fused-ring (bicyclic) bond motifs is 1. The molecule has 0 bridgehead atoms. The second kappa shape index (κ2) is 10.4. The highest BCUT2D eigenvalue weighted by atomic mass is 16.2. The molecule has 2 fully saturated rings. The van der Waals surface area contributed by atoms with Gasteiger partial charge in [0.05, 0.1) is 24.4 Å². The van der Waals surface area contributed by atoms with Crippen LogP contribution in [0, 0.1) is 18.3 Å². The van der Waals surface area contributed by atoms with Gasteiger partial charge < -0.3 is 14.8 Å². The molecule has 0 radical (unpaired) electrons. The predicted octanol–water partition coefficient (Wildman–Crippen LogP) is 2.82. The summed E-state index contributed by atoms with van der Waals surface area (Å²) < 4.78 is 1.95. The van der Waals surface area contributed by atoms with Crippen molar-refractivity contribution < 1.29 is 4.79 Å². The number of amides is 1. The zero-order valence-electron chi connectivity index (χ0n) is 23.2. The molecule has 0 saturated carbocycles. The maximum Gasteiger partial charge on any atom is 0.272 e. The van der Waals surface area contributed by atoms with E-state index in [1.165, 1.54) is 0 Å². The van der Waals surface area contributed by atoms with Crippen LogP contribution in [0.3, 0.4) is 0 Å². The number of carbonyl (C=O) groups is 1. The molecule has 1 amide bonds. The Labute approximate surface area is 233 Å². The molecule has 0 aromatic carbocycles. The van der Waals surface area contributed by atoms with E-state index in [0.29, 0.717) is 31.2 Å². The Balaban J connectivity index is 1.10. The minimum Gasteiger partial charge on any atom is -0.346 e. The summed E-state index contributed by atoms with van der Waals surface area (Å²) in [6.45, 7) is 5.65. The number of rotatable bonds is 7. The van der Waals surface area contributed by atoms with E-state index < -0.39 is 0 Å². The average molecular weight is 539 g/mol. The molecule has 4 aromatic heterocycles. The van der Waals surface area contributed by atoms with Crippen LogP contribution in [0.5, 0.6) is 0 Å². The highest BCUT2D eigenvalue weighted by molar-refractivity contribution is 5.92. The van der Waals surface area contributed by atoms with Crippen molar-refractivity contribution in [2.45, 2.75) is 44.3 Å². The number of nitrogens with zero attached hydrogens (tertiary/aromatic N) is 9. The first kappa shape index (κ1) is 26.1. The van der Waals surface area contributed by atoms with Gasteiger partial charge in [-0.15, -0.1) is 0 Å². The Morgan fingerprint density at radius 1 is 1.23 bits per heavy atom. The Kier molecular flexibility index (Phi) is 6.82. The van der Waals surface area contributed by atoms with E-state index in [1.807, 2.05) is 67.4 Å². The quantitative estimate of drug-likeness (QED) is 0.381. The largest absolute Gasteiger partial charge is 0.346 e. The Morgan fingerprint density at radius 2 is 2.02 bits per heavy atom. The molecule has 0 atom stereocenters. The van der Waals surface area contributed by atoms with Crippen LogP contribution in [-0.2, 0) is 12.1 Å². The number of aromatic amines is 1. The van der Waals surface area contributed by atoms with E-state index >= 15 is 0 Å². The van der Waals surface area contributed by atoms with Crippen LogP contribution < -0.4 is 0 Å². The second-order valence-corrected chi connectivity index (χ2v) is 11.4. The number of likely N-dealkylation sites (tertiary alicyclic amines) is 2. The molecule has 2 aliphatic rings. The summed E-state index contributed by atoms with van der Waals surface area (Å²) >= 11 is 0. The Bertz CT molecular complexity index is 1570. The molecular weight excluding hydrogens is 504 g/mol. The molecule has 2 aliphatic heterocycles. The summed E-state index contributed by atoms with van der Waals surface area (Å²) in [4.78, 5) is 36.2. The maximum atomic E-state index is 13.3. The molecule has 1 N–H and O–H groups in total. The molecule has 11 nitrogen and oxygen atoms in total. The number of aryl methyl sites for hydroxylation is 1. The van der Waals surface area contributed by atoms with Crippen molar-refractivity contribution in [3.63, 3.8) is 0 Å². The van der Waals surface area contributed by atoms with E-state index in [2.05, 4.69) is 40.9 Å². The molecule has 4 aromatic rings. The number of hydrogen-bond donors (Lipinski definition) is 1. The van der Waals surface area contributed by atoms with Crippen LogP contribution in [-0.4, -0.2) is 96.6 Å². The number of hydrogen-bond acceptors (Lipinski definition) is 8. The monoisotopic (exact) mass is 538 g/mol. The maximum absolute atomic E-state index is 13.3. The SMILES string of the molecule is Cc1cc(CN(C)C)cc(C(=O)N2CCC(N3CC(CC#N)(n4cc(-c5ncnc6[nH]ccc56)cn4)C3)CC2)n1. The third-order valence-electron chi connectivity index (χ3n) is 8.10. The molecule has 11 heteroatoms. The standard InChI is InChI=1S/C29H34N10O/c1-20-12-21(15-36(2)3)13-25(35-20)28(40)37-10-5-23(6-11-37)38-17-29(18-38,7-8-30)39-16-22(14-34-39)26-24-4-9-31-27(24)33-19-32-26/h4,9,12-14,16,19,23H,5-7,10-11,15,17-18H2,1-3H3,(H,31,32,33). The molecule has 2 saturated heterocycles. The summed E-state index contributed by atoms with van der Waals surface area (Å²) in [5.74, 6) is 0.00918. The Morgan fingerprint density at radius 3 is 2.77 bits per heavy atom. The lowest BCUT2D eigenvalue weighted by Gasteiger charge is -2.53. The minimum atomic E-state index is -0.363. The molecule has 40 heavy (non-hydrogen) atoms. The molecule has 0 aliphatic carbocycles. The van der Waals surface area contributed by atoms with E-state index in [-0.39, 0.29) is 11.4 Å². The fourth-order valence-electron chi connectivity index (χ4n) is 6.16. The first-order valence-corrected chi connectivity index (χ1v) is 13.7. The van der Waals surface area contributed by atoms with Crippen molar-refractivity contribution in [1.29, 1.82) is 5.26 Å². The van der Waals surface area contributed by atoms with E-state index in [4.69, 9.17) is 0 Å². The number of aromatic nitrogens is 6. The van der Waals surface area contributed by atoms with E-state index in [9.17, 15) is 10.1 Å². The second-order valence-electron chi connectivity index (χ2n) is 11.4. The zero-order valence-corrected chi connectivity index (χ0v) is 23.2. The summed E-state index contributed by atoms with van der Waals surface area (Å²) in [6, 6.07) is 8.69. The van der Waals surface area contributed by atoms with Gasteiger partial charge in [0.2, 0.25) is 0 Å². The smallest absolute Gasteiger partial charge is 0.272 e. The zero-order chi connectivity index (χ0) is 27.9. The van der Waals surface area contributed by atoms with Gasteiger partial charge in [-0.25, -0.2) is 15.0 Å². The number of pyridine rings is 1.